The Morgan fingerprint density at radius 3 is 2.72 bits per heavy atom. The lowest BCUT2D eigenvalue weighted by Crippen LogP contribution is -2.33. The third-order valence-corrected chi connectivity index (χ3v) is 3.63. The monoisotopic (exact) mass is 249 g/mol. The van der Waals surface area contributed by atoms with Gasteiger partial charge in [0.25, 0.3) is 0 Å². The summed E-state index contributed by atoms with van der Waals surface area (Å²) in [6, 6.07) is 4.53. The van der Waals surface area contributed by atoms with E-state index in [4.69, 9.17) is 11.1 Å². The van der Waals surface area contributed by atoms with E-state index in [1.165, 1.54) is 25.0 Å². The van der Waals surface area contributed by atoms with Crippen molar-refractivity contribution in [3.05, 3.63) is 35.1 Å². The first kappa shape index (κ1) is 13.0. The van der Waals surface area contributed by atoms with Gasteiger partial charge in [0.05, 0.1) is 0 Å². The topological polar surface area (TPSA) is 53.1 Å². The second kappa shape index (κ2) is 5.48. The van der Waals surface area contributed by atoms with Crippen molar-refractivity contribution in [1.29, 1.82) is 5.41 Å². The van der Waals surface area contributed by atoms with Crippen LogP contribution in [0.5, 0.6) is 0 Å². The molecule has 1 heterocycles. The average molecular weight is 249 g/mol. The first-order valence-electron chi connectivity index (χ1n) is 6.41. The number of likely N-dealkylation sites (tertiary alicyclic amines) is 1. The minimum absolute atomic E-state index is 0.0603. The first-order valence-corrected chi connectivity index (χ1v) is 6.41. The fourth-order valence-electron chi connectivity index (χ4n) is 2.40. The number of nitrogens with two attached hydrogens (primary N) is 1. The van der Waals surface area contributed by atoms with Gasteiger partial charge >= 0.3 is 0 Å². The number of halogens is 1. The molecule has 0 atom stereocenters. The van der Waals surface area contributed by atoms with Gasteiger partial charge in [-0.15, -0.1) is 0 Å². The number of benzene rings is 1. The van der Waals surface area contributed by atoms with Gasteiger partial charge in [0.15, 0.2) is 0 Å². The van der Waals surface area contributed by atoms with Crippen molar-refractivity contribution >= 4 is 5.84 Å². The molecule has 4 heteroatoms. The van der Waals surface area contributed by atoms with Crippen molar-refractivity contribution in [2.45, 2.75) is 26.3 Å². The van der Waals surface area contributed by atoms with E-state index >= 15 is 0 Å². The highest BCUT2D eigenvalue weighted by atomic mass is 19.1. The van der Waals surface area contributed by atoms with Gasteiger partial charge in [0.1, 0.15) is 11.7 Å². The van der Waals surface area contributed by atoms with Crippen molar-refractivity contribution in [1.82, 2.24) is 4.90 Å². The standard InChI is InChI=1S/C14H20FN3/c1-10-4-6-18(7-5-10)9-11-2-3-12(15)8-13(11)14(16)17/h2-3,8,10H,4-7,9H2,1H3,(H3,16,17). The van der Waals surface area contributed by atoms with Crippen LogP contribution in [0.2, 0.25) is 0 Å². The molecule has 0 unspecified atom stereocenters. The first-order chi connectivity index (χ1) is 8.56. The van der Waals surface area contributed by atoms with Crippen molar-refractivity contribution in [3.8, 4) is 0 Å². The zero-order valence-corrected chi connectivity index (χ0v) is 10.7. The van der Waals surface area contributed by atoms with Crippen molar-refractivity contribution < 1.29 is 4.39 Å². The predicted octanol–water partition coefficient (Wildman–Crippen LogP) is 2.34. The number of rotatable bonds is 3. The molecule has 1 aromatic rings. The molecular weight excluding hydrogens is 229 g/mol. The lowest BCUT2D eigenvalue weighted by molar-refractivity contribution is 0.185. The molecule has 0 aromatic heterocycles. The molecular formula is C14H20FN3. The number of nitrogen functional groups attached to an aromatic ring is 1. The van der Waals surface area contributed by atoms with Crippen LogP contribution in [0.25, 0.3) is 0 Å². The van der Waals surface area contributed by atoms with E-state index in [1.807, 2.05) is 0 Å². The molecule has 3 N–H and O–H groups in total. The van der Waals surface area contributed by atoms with Gasteiger partial charge in [-0.3, -0.25) is 10.3 Å². The molecule has 2 rings (SSSR count). The van der Waals surface area contributed by atoms with Crippen LogP contribution in [0.1, 0.15) is 30.9 Å². The normalized spacial score (nSPS) is 17.9. The fourth-order valence-corrected chi connectivity index (χ4v) is 2.40. The van der Waals surface area contributed by atoms with E-state index in [1.54, 1.807) is 6.07 Å². The number of nitrogens with zero attached hydrogens (tertiary/aromatic N) is 1. The predicted molar refractivity (Wildman–Crippen MR) is 71.1 cm³/mol. The Morgan fingerprint density at radius 2 is 2.11 bits per heavy atom. The lowest BCUT2D eigenvalue weighted by Gasteiger charge is -2.30. The second-order valence-corrected chi connectivity index (χ2v) is 5.17. The van der Waals surface area contributed by atoms with Gasteiger partial charge in [0, 0.05) is 12.1 Å². The summed E-state index contributed by atoms with van der Waals surface area (Å²) in [5, 5.41) is 7.51. The van der Waals surface area contributed by atoms with Crippen molar-refractivity contribution in [2.75, 3.05) is 13.1 Å². The lowest BCUT2D eigenvalue weighted by atomic mass is 9.98. The van der Waals surface area contributed by atoms with E-state index in [9.17, 15) is 4.39 Å². The van der Waals surface area contributed by atoms with Crippen molar-refractivity contribution in [2.24, 2.45) is 11.7 Å². The van der Waals surface area contributed by atoms with E-state index in [-0.39, 0.29) is 11.7 Å². The number of hydrogen-bond acceptors (Lipinski definition) is 2. The van der Waals surface area contributed by atoms with Crippen LogP contribution in [0, 0.1) is 17.1 Å². The van der Waals surface area contributed by atoms with Crippen LogP contribution in [-0.2, 0) is 6.54 Å². The Kier molecular flexibility index (Phi) is 3.97. The largest absolute Gasteiger partial charge is 0.384 e. The fraction of sp³-hybridized carbons (Fsp3) is 0.500. The van der Waals surface area contributed by atoms with Crippen LogP contribution < -0.4 is 5.73 Å². The molecule has 0 amide bonds. The Hall–Kier alpha value is -1.42. The summed E-state index contributed by atoms with van der Waals surface area (Å²) in [4.78, 5) is 2.35. The maximum Gasteiger partial charge on any atom is 0.123 e. The quantitative estimate of drug-likeness (QED) is 0.638. The third-order valence-electron chi connectivity index (χ3n) is 3.63. The summed E-state index contributed by atoms with van der Waals surface area (Å²) < 4.78 is 13.2. The highest BCUT2D eigenvalue weighted by molar-refractivity contribution is 5.96. The molecule has 1 aromatic carbocycles. The van der Waals surface area contributed by atoms with E-state index in [0.717, 1.165) is 31.1 Å². The summed E-state index contributed by atoms with van der Waals surface area (Å²) >= 11 is 0. The number of piperidine rings is 1. The minimum atomic E-state index is -0.337. The van der Waals surface area contributed by atoms with Crippen LogP contribution >= 0.6 is 0 Å². The van der Waals surface area contributed by atoms with Gasteiger partial charge in [-0.25, -0.2) is 4.39 Å². The number of amidine groups is 1. The van der Waals surface area contributed by atoms with E-state index in [2.05, 4.69) is 11.8 Å². The van der Waals surface area contributed by atoms with Crippen LogP contribution in [0.4, 0.5) is 4.39 Å². The molecule has 0 bridgehead atoms. The second-order valence-electron chi connectivity index (χ2n) is 5.17. The Balaban J connectivity index is 2.11. The number of hydrogen-bond donors (Lipinski definition) is 2. The third kappa shape index (κ3) is 3.07. The van der Waals surface area contributed by atoms with Crippen LogP contribution in [0.3, 0.4) is 0 Å². The highest BCUT2D eigenvalue weighted by Crippen LogP contribution is 2.20. The SMILES string of the molecule is CC1CCN(Cc2ccc(F)cc2C(=N)N)CC1. The molecule has 1 aliphatic heterocycles. The molecule has 0 saturated carbocycles. The van der Waals surface area contributed by atoms with Gasteiger partial charge < -0.3 is 5.73 Å². The summed E-state index contributed by atoms with van der Waals surface area (Å²) in [6.07, 6.45) is 2.41. The molecule has 0 spiro atoms. The Morgan fingerprint density at radius 1 is 1.44 bits per heavy atom. The highest BCUT2D eigenvalue weighted by Gasteiger charge is 2.17. The number of nitrogens with one attached hydrogen (secondary N) is 1. The molecule has 1 fully saturated rings. The van der Waals surface area contributed by atoms with Gasteiger partial charge in [-0.05, 0) is 49.5 Å². The average Bonchev–Trinajstić information content (AvgIpc) is 2.34. The van der Waals surface area contributed by atoms with Gasteiger partial charge in [-0.2, -0.15) is 0 Å². The molecule has 3 nitrogen and oxygen atoms in total. The maximum absolute atomic E-state index is 13.2. The minimum Gasteiger partial charge on any atom is -0.384 e. The van der Waals surface area contributed by atoms with Crippen molar-refractivity contribution in [3.63, 3.8) is 0 Å². The molecule has 18 heavy (non-hydrogen) atoms. The summed E-state index contributed by atoms with van der Waals surface area (Å²) in [6.45, 7) is 5.16. The molecule has 1 saturated heterocycles. The molecule has 98 valence electrons. The Bertz CT molecular complexity index is 437. The zero-order valence-electron chi connectivity index (χ0n) is 10.7. The van der Waals surface area contributed by atoms with E-state index in [0.29, 0.717) is 5.56 Å². The maximum atomic E-state index is 13.2. The molecule has 1 aliphatic rings. The van der Waals surface area contributed by atoms with Crippen LogP contribution in [-0.4, -0.2) is 23.8 Å². The Labute approximate surface area is 107 Å². The summed E-state index contributed by atoms with van der Waals surface area (Å²) in [5.74, 6) is 0.396. The van der Waals surface area contributed by atoms with Crippen LogP contribution in [0.15, 0.2) is 18.2 Å². The van der Waals surface area contributed by atoms with Gasteiger partial charge in [0.2, 0.25) is 0 Å². The zero-order chi connectivity index (χ0) is 13.1. The van der Waals surface area contributed by atoms with Gasteiger partial charge in [-0.1, -0.05) is 13.0 Å². The smallest absolute Gasteiger partial charge is 0.123 e. The van der Waals surface area contributed by atoms with E-state index < -0.39 is 0 Å². The molecule has 0 aliphatic carbocycles. The summed E-state index contributed by atoms with van der Waals surface area (Å²) in [7, 11) is 0. The summed E-state index contributed by atoms with van der Waals surface area (Å²) in [5.41, 5.74) is 6.97. The molecule has 0 radical (unpaired) electrons.